The Morgan fingerprint density at radius 1 is 1.40 bits per heavy atom. The molecule has 0 bridgehead atoms. The molecule has 0 fully saturated rings. The van der Waals surface area contributed by atoms with Gasteiger partial charge in [-0.15, -0.1) is 0 Å². The molecule has 0 radical (unpaired) electrons. The predicted molar refractivity (Wildman–Crippen MR) is 52.7 cm³/mol. The van der Waals surface area contributed by atoms with Crippen LogP contribution in [-0.2, 0) is 0 Å². The molecular weight excluding hydrogens is 275 g/mol. The van der Waals surface area contributed by atoms with Gasteiger partial charge in [-0.05, 0) is 28.4 Å². The molecule has 1 aromatic rings. The van der Waals surface area contributed by atoms with Crippen LogP contribution in [0.15, 0.2) is 22.9 Å². The van der Waals surface area contributed by atoms with E-state index in [1.807, 2.05) is 0 Å². The third kappa shape index (κ3) is 5.01. The minimum Gasteiger partial charge on any atom is -0.492 e. The zero-order valence-electron chi connectivity index (χ0n) is 7.72. The van der Waals surface area contributed by atoms with Gasteiger partial charge in [-0.25, -0.2) is 0 Å². The fraction of sp³-hybridized carbons (Fsp3) is 0.444. The Morgan fingerprint density at radius 3 is 2.73 bits per heavy atom. The van der Waals surface area contributed by atoms with Crippen molar-refractivity contribution < 1.29 is 17.9 Å². The van der Waals surface area contributed by atoms with Crippen LogP contribution >= 0.6 is 15.9 Å². The minimum absolute atomic E-state index is 0.0434. The molecular formula is C9H9BrF3NO. The van der Waals surface area contributed by atoms with E-state index in [0.29, 0.717) is 10.2 Å². The Bertz CT molecular complexity index is 316. The Hall–Kier alpha value is -0.780. The van der Waals surface area contributed by atoms with Gasteiger partial charge in [0.1, 0.15) is 5.75 Å². The Balaban J connectivity index is 2.30. The highest BCUT2D eigenvalue weighted by atomic mass is 79.9. The van der Waals surface area contributed by atoms with Gasteiger partial charge in [0.25, 0.3) is 0 Å². The number of hydrogen-bond donors (Lipinski definition) is 0. The Kier molecular flexibility index (Phi) is 4.38. The van der Waals surface area contributed by atoms with Gasteiger partial charge in [-0.2, -0.15) is 13.2 Å². The number of aromatic nitrogens is 1. The van der Waals surface area contributed by atoms with Gasteiger partial charge in [0, 0.05) is 18.8 Å². The van der Waals surface area contributed by atoms with E-state index in [9.17, 15) is 13.2 Å². The third-order valence-corrected chi connectivity index (χ3v) is 2.19. The summed E-state index contributed by atoms with van der Waals surface area (Å²) in [4.78, 5) is 3.81. The van der Waals surface area contributed by atoms with E-state index in [1.165, 1.54) is 12.4 Å². The number of hydrogen-bond acceptors (Lipinski definition) is 2. The molecule has 0 saturated heterocycles. The highest BCUT2D eigenvalue weighted by Crippen LogP contribution is 2.24. The van der Waals surface area contributed by atoms with Crippen molar-refractivity contribution in [2.45, 2.75) is 19.0 Å². The molecule has 0 aromatic carbocycles. The second kappa shape index (κ2) is 5.34. The lowest BCUT2D eigenvalue weighted by Gasteiger charge is -2.08. The summed E-state index contributed by atoms with van der Waals surface area (Å²) in [5.41, 5.74) is 0. The summed E-state index contributed by atoms with van der Waals surface area (Å²) < 4.78 is 41.1. The first-order chi connectivity index (χ1) is 6.99. The average molecular weight is 284 g/mol. The molecule has 0 saturated carbocycles. The minimum atomic E-state index is -4.11. The van der Waals surface area contributed by atoms with Crippen molar-refractivity contribution in [3.05, 3.63) is 22.9 Å². The molecule has 0 unspecified atom stereocenters. The van der Waals surface area contributed by atoms with Crippen molar-refractivity contribution in [3.8, 4) is 5.75 Å². The lowest BCUT2D eigenvalue weighted by molar-refractivity contribution is -0.136. The molecule has 6 heteroatoms. The molecule has 15 heavy (non-hydrogen) atoms. The summed E-state index contributed by atoms with van der Waals surface area (Å²) in [6.45, 7) is 0.0438. The van der Waals surface area contributed by atoms with Crippen LogP contribution in [0.25, 0.3) is 0 Å². The second-order valence-corrected chi connectivity index (χ2v) is 3.73. The van der Waals surface area contributed by atoms with Crippen LogP contribution in [0.2, 0.25) is 0 Å². The fourth-order valence-electron chi connectivity index (χ4n) is 0.934. The molecule has 0 aliphatic rings. The number of pyridine rings is 1. The molecule has 0 atom stereocenters. The second-order valence-electron chi connectivity index (χ2n) is 2.87. The maximum atomic E-state index is 11.8. The van der Waals surface area contributed by atoms with Crippen LogP contribution in [0.4, 0.5) is 13.2 Å². The summed E-state index contributed by atoms with van der Waals surface area (Å²) in [5.74, 6) is 0.507. The normalized spacial score (nSPS) is 11.5. The van der Waals surface area contributed by atoms with E-state index in [0.717, 1.165) is 0 Å². The van der Waals surface area contributed by atoms with Gasteiger partial charge in [-0.1, -0.05) is 0 Å². The monoisotopic (exact) mass is 283 g/mol. The number of halogens is 4. The first-order valence-electron chi connectivity index (χ1n) is 4.28. The molecule has 1 rings (SSSR count). The maximum Gasteiger partial charge on any atom is 0.389 e. The van der Waals surface area contributed by atoms with Gasteiger partial charge in [0.15, 0.2) is 0 Å². The van der Waals surface area contributed by atoms with Crippen LogP contribution in [0.5, 0.6) is 5.75 Å². The van der Waals surface area contributed by atoms with E-state index < -0.39 is 12.6 Å². The number of ether oxygens (including phenoxy) is 1. The molecule has 0 amide bonds. The Morgan fingerprint density at radius 2 is 2.13 bits per heavy atom. The highest BCUT2D eigenvalue weighted by Gasteiger charge is 2.26. The zero-order valence-corrected chi connectivity index (χ0v) is 9.31. The number of alkyl halides is 3. The van der Waals surface area contributed by atoms with E-state index >= 15 is 0 Å². The van der Waals surface area contributed by atoms with Gasteiger partial charge in [0.05, 0.1) is 11.1 Å². The van der Waals surface area contributed by atoms with Crippen LogP contribution in [-0.4, -0.2) is 17.8 Å². The van der Waals surface area contributed by atoms with Gasteiger partial charge >= 0.3 is 6.18 Å². The predicted octanol–water partition coefficient (Wildman–Crippen LogP) is 3.57. The Labute approximate surface area is 93.6 Å². The van der Waals surface area contributed by atoms with E-state index in [2.05, 4.69) is 20.9 Å². The SMILES string of the molecule is FC(F)(F)CCCOc1ccncc1Br. The summed E-state index contributed by atoms with van der Waals surface area (Å²) in [6.07, 6.45) is -1.93. The van der Waals surface area contributed by atoms with Gasteiger partial charge in [0.2, 0.25) is 0 Å². The zero-order chi connectivity index (χ0) is 11.3. The van der Waals surface area contributed by atoms with Crippen molar-refractivity contribution in [2.24, 2.45) is 0 Å². The number of nitrogens with zero attached hydrogens (tertiary/aromatic N) is 1. The summed E-state index contributed by atoms with van der Waals surface area (Å²) in [7, 11) is 0. The first-order valence-corrected chi connectivity index (χ1v) is 5.07. The van der Waals surface area contributed by atoms with Crippen LogP contribution < -0.4 is 4.74 Å². The van der Waals surface area contributed by atoms with Crippen molar-refractivity contribution >= 4 is 15.9 Å². The average Bonchev–Trinajstić information content (AvgIpc) is 2.13. The van der Waals surface area contributed by atoms with Crippen LogP contribution in [0.3, 0.4) is 0 Å². The maximum absolute atomic E-state index is 11.8. The molecule has 0 N–H and O–H groups in total. The van der Waals surface area contributed by atoms with E-state index in [4.69, 9.17) is 4.74 Å². The lowest BCUT2D eigenvalue weighted by atomic mass is 10.3. The summed E-state index contributed by atoms with van der Waals surface area (Å²) in [5, 5.41) is 0. The largest absolute Gasteiger partial charge is 0.492 e. The van der Waals surface area contributed by atoms with E-state index in [-0.39, 0.29) is 13.0 Å². The lowest BCUT2D eigenvalue weighted by Crippen LogP contribution is -2.09. The standard InChI is InChI=1S/C9H9BrF3NO/c10-7-6-14-4-2-8(7)15-5-1-3-9(11,12)13/h2,4,6H,1,3,5H2. The van der Waals surface area contributed by atoms with Crippen molar-refractivity contribution in [1.82, 2.24) is 4.98 Å². The van der Waals surface area contributed by atoms with Crippen molar-refractivity contribution in [1.29, 1.82) is 0 Å². The van der Waals surface area contributed by atoms with Crippen molar-refractivity contribution in [2.75, 3.05) is 6.61 Å². The molecule has 0 aliphatic carbocycles. The highest BCUT2D eigenvalue weighted by molar-refractivity contribution is 9.10. The molecule has 0 aliphatic heterocycles. The van der Waals surface area contributed by atoms with Crippen LogP contribution in [0.1, 0.15) is 12.8 Å². The van der Waals surface area contributed by atoms with Crippen molar-refractivity contribution in [3.63, 3.8) is 0 Å². The summed E-state index contributed by atoms with van der Waals surface area (Å²) >= 11 is 3.18. The molecule has 84 valence electrons. The first kappa shape index (κ1) is 12.3. The topological polar surface area (TPSA) is 22.1 Å². The smallest absolute Gasteiger partial charge is 0.389 e. The van der Waals surface area contributed by atoms with Gasteiger partial charge in [-0.3, -0.25) is 4.98 Å². The molecule has 2 nitrogen and oxygen atoms in total. The van der Waals surface area contributed by atoms with Crippen LogP contribution in [0, 0.1) is 0 Å². The van der Waals surface area contributed by atoms with Gasteiger partial charge < -0.3 is 4.74 Å². The quantitative estimate of drug-likeness (QED) is 0.789. The molecule has 1 aromatic heterocycles. The molecule has 0 spiro atoms. The third-order valence-electron chi connectivity index (χ3n) is 1.60. The van der Waals surface area contributed by atoms with E-state index in [1.54, 1.807) is 6.07 Å². The fourth-order valence-corrected chi connectivity index (χ4v) is 1.30. The molecule has 1 heterocycles. The summed E-state index contributed by atoms with van der Waals surface area (Å²) in [6, 6.07) is 1.59. The number of rotatable bonds is 4.